The highest BCUT2D eigenvalue weighted by Crippen LogP contribution is 2.36. The number of amides is 1. The monoisotopic (exact) mass is 511 g/mol. The number of hydrogen-bond donors (Lipinski definition) is 3. The number of aromatic nitrogens is 2. The average molecular weight is 512 g/mol. The number of carbonyl (C=O) groups excluding carboxylic acids is 1. The third kappa shape index (κ3) is 5.00. The molecule has 4 aromatic rings. The average Bonchev–Trinajstić information content (AvgIpc) is 3.18. The fourth-order valence-corrected chi connectivity index (χ4v) is 4.31. The molecule has 192 valence electrons. The maximum atomic E-state index is 13.7. The van der Waals surface area contributed by atoms with Crippen molar-refractivity contribution in [2.45, 2.75) is 32.5 Å². The highest BCUT2D eigenvalue weighted by atomic mass is 19.4. The SMILES string of the molecule is Cc1c(C(=O)NC(Cc2ccc(-c3c(C(F)(F)F)cc(C)n(C)c3=O)cc2)C(=O)O)[nH]c2ccccc12. The minimum Gasteiger partial charge on any atom is -0.480 e. The number of benzene rings is 2. The second kappa shape index (κ2) is 9.61. The van der Waals surface area contributed by atoms with E-state index in [0.29, 0.717) is 11.1 Å². The topological polar surface area (TPSA) is 104 Å². The van der Waals surface area contributed by atoms with Gasteiger partial charge < -0.3 is 20.0 Å². The van der Waals surface area contributed by atoms with E-state index in [1.165, 1.54) is 38.2 Å². The van der Waals surface area contributed by atoms with Gasteiger partial charge in [0.25, 0.3) is 11.5 Å². The number of aromatic amines is 1. The number of aliphatic carboxylic acids is 1. The van der Waals surface area contributed by atoms with E-state index in [2.05, 4.69) is 10.3 Å². The van der Waals surface area contributed by atoms with E-state index >= 15 is 0 Å². The largest absolute Gasteiger partial charge is 0.480 e. The number of nitrogens with one attached hydrogen (secondary N) is 2. The Kier molecular flexibility index (Phi) is 6.68. The van der Waals surface area contributed by atoms with Gasteiger partial charge in [0.15, 0.2) is 0 Å². The van der Waals surface area contributed by atoms with Crippen LogP contribution >= 0.6 is 0 Å². The van der Waals surface area contributed by atoms with Gasteiger partial charge in [0, 0.05) is 30.1 Å². The van der Waals surface area contributed by atoms with Crippen LogP contribution < -0.4 is 10.9 Å². The predicted octanol–water partition coefficient (Wildman–Crippen LogP) is 4.59. The molecule has 10 heteroatoms. The number of halogens is 3. The number of aryl methyl sites for hydroxylation is 2. The van der Waals surface area contributed by atoms with Gasteiger partial charge in [-0.05, 0) is 42.7 Å². The van der Waals surface area contributed by atoms with Crippen molar-refractivity contribution in [1.29, 1.82) is 0 Å². The van der Waals surface area contributed by atoms with Gasteiger partial charge in [0.05, 0.1) is 11.1 Å². The van der Waals surface area contributed by atoms with Crippen LogP contribution in [0.3, 0.4) is 0 Å². The molecule has 0 saturated heterocycles. The highest BCUT2D eigenvalue weighted by molar-refractivity contribution is 6.02. The smallest absolute Gasteiger partial charge is 0.417 e. The Morgan fingerprint density at radius 3 is 2.32 bits per heavy atom. The van der Waals surface area contributed by atoms with Crippen LogP contribution in [-0.4, -0.2) is 32.6 Å². The number of rotatable bonds is 6. The van der Waals surface area contributed by atoms with Crippen LogP contribution in [0.15, 0.2) is 59.4 Å². The zero-order chi connectivity index (χ0) is 27.1. The second-order valence-electron chi connectivity index (χ2n) is 8.87. The Morgan fingerprint density at radius 1 is 1.08 bits per heavy atom. The number of carboxylic acids is 1. The molecule has 0 fully saturated rings. The number of H-pyrrole nitrogens is 1. The molecule has 2 heterocycles. The van der Waals surface area contributed by atoms with Crippen LogP contribution in [0.2, 0.25) is 0 Å². The molecule has 0 radical (unpaired) electrons. The summed E-state index contributed by atoms with van der Waals surface area (Å²) in [6.45, 7) is 3.17. The van der Waals surface area contributed by atoms with Gasteiger partial charge in [-0.2, -0.15) is 13.2 Å². The number of carboxylic acid groups (broad SMARTS) is 1. The van der Waals surface area contributed by atoms with Crippen LogP contribution in [0.1, 0.15) is 32.9 Å². The van der Waals surface area contributed by atoms with E-state index in [9.17, 15) is 32.7 Å². The molecule has 4 rings (SSSR count). The van der Waals surface area contributed by atoms with Crippen LogP contribution in [0.4, 0.5) is 13.2 Å². The van der Waals surface area contributed by atoms with Crippen LogP contribution in [0, 0.1) is 13.8 Å². The third-order valence-corrected chi connectivity index (χ3v) is 6.45. The zero-order valence-electron chi connectivity index (χ0n) is 20.2. The maximum absolute atomic E-state index is 13.7. The standard InChI is InChI=1S/C27H24F3N3O4/c1-14-12-19(27(28,29)30)22(25(35)33(14)3)17-10-8-16(9-11-17)13-21(26(36)37)32-24(34)23-15(2)18-6-4-5-7-20(18)31-23/h4-12,21,31H,13H2,1-3H3,(H,32,34)(H,36,37). The van der Waals surface area contributed by atoms with Crippen LogP contribution in [0.25, 0.3) is 22.0 Å². The van der Waals surface area contributed by atoms with Crippen LogP contribution in [0.5, 0.6) is 0 Å². The quantitative estimate of drug-likeness (QED) is 0.352. The summed E-state index contributed by atoms with van der Waals surface area (Å²) < 4.78 is 42.1. The summed E-state index contributed by atoms with van der Waals surface area (Å²) in [7, 11) is 1.39. The first-order valence-corrected chi connectivity index (χ1v) is 11.4. The fraction of sp³-hybridized carbons (Fsp3) is 0.222. The summed E-state index contributed by atoms with van der Waals surface area (Å²) in [5, 5.41) is 13.0. The molecule has 7 nitrogen and oxygen atoms in total. The van der Waals surface area contributed by atoms with Gasteiger partial charge in [-0.25, -0.2) is 4.79 Å². The van der Waals surface area contributed by atoms with Crippen molar-refractivity contribution >= 4 is 22.8 Å². The first-order valence-electron chi connectivity index (χ1n) is 11.4. The van der Waals surface area contributed by atoms with Crippen molar-refractivity contribution in [1.82, 2.24) is 14.9 Å². The van der Waals surface area contributed by atoms with E-state index < -0.39 is 40.8 Å². The highest BCUT2D eigenvalue weighted by Gasteiger charge is 2.36. The first kappa shape index (κ1) is 25.7. The Morgan fingerprint density at radius 2 is 1.73 bits per heavy atom. The summed E-state index contributed by atoms with van der Waals surface area (Å²) in [5.41, 5.74) is 0.0540. The summed E-state index contributed by atoms with van der Waals surface area (Å²) in [6.07, 6.45) is -4.84. The second-order valence-corrected chi connectivity index (χ2v) is 8.87. The van der Waals surface area contributed by atoms with Crippen molar-refractivity contribution in [2.75, 3.05) is 0 Å². The predicted molar refractivity (Wildman–Crippen MR) is 132 cm³/mol. The Hall–Kier alpha value is -4.34. The van der Waals surface area contributed by atoms with Gasteiger partial charge in [0.1, 0.15) is 11.7 Å². The molecule has 0 aliphatic carbocycles. The molecule has 1 unspecified atom stereocenters. The van der Waals surface area contributed by atoms with Crippen molar-refractivity contribution in [3.63, 3.8) is 0 Å². The summed E-state index contributed by atoms with van der Waals surface area (Å²) in [6, 6.07) is 12.5. The van der Waals surface area contributed by atoms with Crippen molar-refractivity contribution in [2.24, 2.45) is 7.05 Å². The molecule has 1 amide bonds. The number of para-hydroxylation sites is 1. The summed E-state index contributed by atoms with van der Waals surface area (Å²) in [5.74, 6) is -1.85. The van der Waals surface area contributed by atoms with Crippen molar-refractivity contribution in [3.05, 3.63) is 93.0 Å². The lowest BCUT2D eigenvalue weighted by molar-refractivity contribution is -0.139. The zero-order valence-corrected chi connectivity index (χ0v) is 20.2. The van der Waals surface area contributed by atoms with Gasteiger partial charge >= 0.3 is 12.1 Å². The van der Waals surface area contributed by atoms with Gasteiger partial charge in [-0.3, -0.25) is 9.59 Å². The number of hydrogen-bond acceptors (Lipinski definition) is 3. The van der Waals surface area contributed by atoms with E-state index in [-0.39, 0.29) is 23.4 Å². The molecule has 3 N–H and O–H groups in total. The third-order valence-electron chi connectivity index (χ3n) is 6.45. The molecule has 2 aromatic heterocycles. The minimum absolute atomic E-state index is 0.0567. The number of fused-ring (bicyclic) bond motifs is 1. The molecule has 0 spiro atoms. The number of pyridine rings is 1. The first-order chi connectivity index (χ1) is 17.4. The Bertz CT molecular complexity index is 1570. The van der Waals surface area contributed by atoms with Gasteiger partial charge in [0.2, 0.25) is 0 Å². The lowest BCUT2D eigenvalue weighted by atomic mass is 9.97. The lowest BCUT2D eigenvalue weighted by Gasteiger charge is -2.17. The summed E-state index contributed by atoms with van der Waals surface area (Å²) in [4.78, 5) is 40.4. The van der Waals surface area contributed by atoms with E-state index in [1.807, 2.05) is 18.2 Å². The fourth-order valence-electron chi connectivity index (χ4n) is 4.31. The van der Waals surface area contributed by atoms with E-state index in [0.717, 1.165) is 21.5 Å². The molecule has 0 saturated carbocycles. The Balaban J connectivity index is 1.60. The minimum atomic E-state index is -4.73. The molecular formula is C27H24F3N3O4. The Labute approximate surface area is 209 Å². The van der Waals surface area contributed by atoms with Crippen LogP contribution in [-0.2, 0) is 24.4 Å². The van der Waals surface area contributed by atoms with Gasteiger partial charge in [-0.15, -0.1) is 0 Å². The molecule has 0 bridgehead atoms. The molecule has 2 aromatic carbocycles. The molecule has 1 atom stereocenters. The number of alkyl halides is 3. The molecule has 0 aliphatic rings. The van der Waals surface area contributed by atoms with Crippen molar-refractivity contribution < 1.29 is 27.9 Å². The van der Waals surface area contributed by atoms with Gasteiger partial charge in [-0.1, -0.05) is 42.5 Å². The summed E-state index contributed by atoms with van der Waals surface area (Å²) >= 11 is 0. The number of carbonyl (C=O) groups is 2. The molecular weight excluding hydrogens is 487 g/mol. The molecule has 37 heavy (non-hydrogen) atoms. The normalized spacial score (nSPS) is 12.5. The van der Waals surface area contributed by atoms with E-state index in [1.54, 1.807) is 13.0 Å². The maximum Gasteiger partial charge on any atom is 0.417 e. The molecule has 0 aliphatic heterocycles. The number of nitrogens with zero attached hydrogens (tertiary/aromatic N) is 1. The van der Waals surface area contributed by atoms with E-state index in [4.69, 9.17) is 0 Å². The lowest BCUT2D eigenvalue weighted by Crippen LogP contribution is -2.42. The van der Waals surface area contributed by atoms with Crippen molar-refractivity contribution in [3.8, 4) is 11.1 Å².